The first kappa shape index (κ1) is 24.7. The van der Waals surface area contributed by atoms with E-state index in [9.17, 15) is 22.8 Å². The van der Waals surface area contributed by atoms with Crippen molar-refractivity contribution in [2.24, 2.45) is 5.41 Å². The van der Waals surface area contributed by atoms with Gasteiger partial charge in [0.2, 0.25) is 5.91 Å². The van der Waals surface area contributed by atoms with Gasteiger partial charge in [-0.05, 0) is 74.3 Å². The summed E-state index contributed by atoms with van der Waals surface area (Å²) in [5.41, 5.74) is 3.00. The molecule has 11 heteroatoms. The molecule has 1 atom stereocenters. The number of aryl methyl sites for hydroxylation is 1. The highest BCUT2D eigenvalue weighted by molar-refractivity contribution is 5.94. The van der Waals surface area contributed by atoms with E-state index in [1.807, 2.05) is 0 Å². The number of piperidine rings is 1. The first-order chi connectivity index (χ1) is 18.1. The highest BCUT2D eigenvalue weighted by Crippen LogP contribution is 2.45. The summed E-state index contributed by atoms with van der Waals surface area (Å²) in [4.78, 5) is 34.9. The van der Waals surface area contributed by atoms with Gasteiger partial charge in [-0.25, -0.2) is 9.37 Å². The number of H-pyrrole nitrogens is 1. The van der Waals surface area contributed by atoms with E-state index in [4.69, 9.17) is 0 Å². The predicted octanol–water partition coefficient (Wildman–Crippen LogP) is 4.62. The number of amides is 2. The van der Waals surface area contributed by atoms with Crippen molar-refractivity contribution in [1.82, 2.24) is 20.2 Å². The maximum Gasteiger partial charge on any atom is 0.573 e. The van der Waals surface area contributed by atoms with Gasteiger partial charge in [0.15, 0.2) is 0 Å². The number of nitrogens with zero attached hydrogens (tertiary/aromatic N) is 2. The van der Waals surface area contributed by atoms with Crippen molar-refractivity contribution < 1.29 is 31.9 Å². The van der Waals surface area contributed by atoms with Crippen LogP contribution in [0.2, 0.25) is 0 Å². The molecule has 3 aromatic rings. The number of rotatable bonds is 3. The van der Waals surface area contributed by atoms with Crippen LogP contribution in [0, 0.1) is 11.2 Å². The van der Waals surface area contributed by atoms with Crippen LogP contribution in [-0.2, 0) is 17.6 Å². The minimum atomic E-state index is -4.80. The second-order valence-electron chi connectivity index (χ2n) is 10.4. The maximum atomic E-state index is 15.3. The molecule has 1 aliphatic carbocycles. The molecule has 7 nitrogen and oxygen atoms in total. The van der Waals surface area contributed by atoms with E-state index in [0.29, 0.717) is 56.5 Å². The third kappa shape index (κ3) is 4.27. The molecule has 4 heterocycles. The number of fused-ring (bicyclic) bond motifs is 3. The molecule has 0 unspecified atom stereocenters. The second kappa shape index (κ2) is 8.99. The summed E-state index contributed by atoms with van der Waals surface area (Å²) in [7, 11) is 0. The quantitative estimate of drug-likeness (QED) is 0.484. The topological polar surface area (TPSA) is 87.3 Å². The highest BCUT2D eigenvalue weighted by Gasteiger charge is 2.46. The lowest BCUT2D eigenvalue weighted by molar-refractivity contribution is -0.274. The van der Waals surface area contributed by atoms with Crippen molar-refractivity contribution in [2.75, 3.05) is 19.6 Å². The van der Waals surface area contributed by atoms with E-state index < -0.39 is 17.5 Å². The van der Waals surface area contributed by atoms with Crippen molar-refractivity contribution in [3.8, 4) is 5.75 Å². The number of alkyl halides is 3. The molecule has 200 valence electrons. The van der Waals surface area contributed by atoms with E-state index >= 15 is 4.39 Å². The highest BCUT2D eigenvalue weighted by atomic mass is 19.4. The molecule has 2 amide bonds. The molecule has 0 radical (unpaired) electrons. The fraction of sp³-hybridized carbons (Fsp3) is 0.444. The molecular formula is C27H26F4N4O3. The van der Waals surface area contributed by atoms with Gasteiger partial charge in [0, 0.05) is 41.8 Å². The molecule has 2 aromatic heterocycles. The van der Waals surface area contributed by atoms with E-state index in [2.05, 4.69) is 20.0 Å². The number of ether oxygens (including phenoxy) is 1. The Balaban J connectivity index is 1.22. The van der Waals surface area contributed by atoms with Crippen LogP contribution in [0.25, 0.3) is 11.0 Å². The number of pyridine rings is 1. The van der Waals surface area contributed by atoms with Crippen LogP contribution in [0.1, 0.15) is 58.8 Å². The molecule has 3 aliphatic rings. The fourth-order valence-corrected chi connectivity index (χ4v) is 6.35. The van der Waals surface area contributed by atoms with Gasteiger partial charge in [-0.1, -0.05) is 0 Å². The second-order valence-corrected chi connectivity index (χ2v) is 10.4. The standard InChI is InChI=1S/C27H26F4N4O3/c28-19-14-33-23-22(18-13-26(8-5-20(18)34-23)9-10-32-25(26)37)21(19)15-6-11-35(12-7-15)24(36)16-1-3-17(4-2-16)38-27(29,30)31/h1-4,14-15H,5-13H2,(H,32,37)(H,33,34)/t26-/m0/s1. The van der Waals surface area contributed by atoms with Gasteiger partial charge in [-0.15, -0.1) is 13.2 Å². The van der Waals surface area contributed by atoms with Crippen LogP contribution < -0.4 is 10.1 Å². The van der Waals surface area contributed by atoms with E-state index in [1.165, 1.54) is 18.3 Å². The summed E-state index contributed by atoms with van der Waals surface area (Å²) in [6, 6.07) is 4.84. The fourth-order valence-electron chi connectivity index (χ4n) is 6.35. The van der Waals surface area contributed by atoms with Crippen LogP contribution in [-0.4, -0.2) is 52.7 Å². The molecule has 2 saturated heterocycles. The Bertz CT molecular complexity index is 1410. The first-order valence-electron chi connectivity index (χ1n) is 12.7. The van der Waals surface area contributed by atoms with Crippen molar-refractivity contribution in [3.05, 3.63) is 58.7 Å². The smallest absolute Gasteiger partial charge is 0.406 e. The number of aromatic nitrogens is 2. The number of hydrogen-bond acceptors (Lipinski definition) is 4. The van der Waals surface area contributed by atoms with Gasteiger partial charge in [-0.3, -0.25) is 9.59 Å². The number of benzene rings is 1. The van der Waals surface area contributed by atoms with Gasteiger partial charge < -0.3 is 19.9 Å². The minimum Gasteiger partial charge on any atom is -0.406 e. The number of carbonyl (C=O) groups is 2. The van der Waals surface area contributed by atoms with Gasteiger partial charge in [0.25, 0.3) is 5.91 Å². The lowest BCUT2D eigenvalue weighted by Gasteiger charge is -2.33. The van der Waals surface area contributed by atoms with Crippen molar-refractivity contribution >= 4 is 22.8 Å². The van der Waals surface area contributed by atoms with Crippen molar-refractivity contribution in [1.29, 1.82) is 0 Å². The average Bonchev–Trinajstić information content (AvgIpc) is 3.43. The van der Waals surface area contributed by atoms with Gasteiger partial charge >= 0.3 is 6.36 Å². The van der Waals surface area contributed by atoms with E-state index in [-0.39, 0.29) is 29.1 Å². The molecule has 38 heavy (non-hydrogen) atoms. The Morgan fingerprint density at radius 3 is 2.53 bits per heavy atom. The summed E-state index contributed by atoms with van der Waals surface area (Å²) >= 11 is 0. The lowest BCUT2D eigenvalue weighted by atomic mass is 9.71. The molecular weight excluding hydrogens is 504 g/mol. The summed E-state index contributed by atoms with van der Waals surface area (Å²) in [6.45, 7) is 1.42. The molecule has 0 saturated carbocycles. The van der Waals surface area contributed by atoms with Gasteiger partial charge in [-0.2, -0.15) is 0 Å². The Hall–Kier alpha value is -3.63. The van der Waals surface area contributed by atoms with Gasteiger partial charge in [0.05, 0.1) is 11.6 Å². The van der Waals surface area contributed by atoms with Crippen LogP contribution in [0.15, 0.2) is 30.5 Å². The third-order valence-corrected chi connectivity index (χ3v) is 8.27. The van der Waals surface area contributed by atoms with Crippen LogP contribution in [0.4, 0.5) is 17.6 Å². The third-order valence-electron chi connectivity index (χ3n) is 8.27. The number of halogens is 4. The molecule has 0 bridgehead atoms. The predicted molar refractivity (Wildman–Crippen MR) is 129 cm³/mol. The largest absolute Gasteiger partial charge is 0.573 e. The summed E-state index contributed by atoms with van der Waals surface area (Å²) < 4.78 is 56.5. The summed E-state index contributed by atoms with van der Waals surface area (Å²) in [5.74, 6) is -1.15. The number of likely N-dealkylation sites (tertiary alicyclic amines) is 1. The molecule has 1 aromatic carbocycles. The van der Waals surface area contributed by atoms with Crippen molar-refractivity contribution in [2.45, 2.75) is 50.8 Å². The van der Waals surface area contributed by atoms with Gasteiger partial charge in [0.1, 0.15) is 17.2 Å². The first-order valence-corrected chi connectivity index (χ1v) is 12.7. The monoisotopic (exact) mass is 530 g/mol. The molecule has 2 fully saturated rings. The normalized spacial score (nSPS) is 22.1. The minimum absolute atomic E-state index is 0.0632. The zero-order valence-corrected chi connectivity index (χ0v) is 20.5. The van der Waals surface area contributed by atoms with E-state index in [1.54, 1.807) is 4.90 Å². The summed E-state index contributed by atoms with van der Waals surface area (Å²) in [6.07, 6.45) is 0.270. The van der Waals surface area contributed by atoms with Crippen LogP contribution >= 0.6 is 0 Å². The zero-order valence-electron chi connectivity index (χ0n) is 20.5. The Labute approximate surface area is 215 Å². The Morgan fingerprint density at radius 2 is 1.87 bits per heavy atom. The average molecular weight is 531 g/mol. The maximum absolute atomic E-state index is 15.3. The molecule has 2 aliphatic heterocycles. The van der Waals surface area contributed by atoms with E-state index in [0.717, 1.165) is 41.6 Å². The van der Waals surface area contributed by atoms with Crippen LogP contribution in [0.5, 0.6) is 5.75 Å². The lowest BCUT2D eigenvalue weighted by Crippen LogP contribution is -2.38. The molecule has 6 rings (SSSR count). The number of aromatic amines is 1. The Kier molecular flexibility index (Phi) is 5.84. The summed E-state index contributed by atoms with van der Waals surface area (Å²) in [5, 5.41) is 3.72. The molecule has 1 spiro atoms. The van der Waals surface area contributed by atoms with Crippen molar-refractivity contribution in [3.63, 3.8) is 0 Å². The number of hydrogen-bond donors (Lipinski definition) is 2. The Morgan fingerprint density at radius 1 is 1.13 bits per heavy atom. The number of nitrogens with one attached hydrogen (secondary N) is 2. The SMILES string of the molecule is O=C(c1ccc(OC(F)(F)F)cc1)N1CCC(c2c(F)cnc3[nH]c4c(c23)C[C@@]2(CCNC2=O)CC4)CC1. The van der Waals surface area contributed by atoms with Crippen LogP contribution in [0.3, 0.4) is 0 Å². The molecule has 2 N–H and O–H groups in total. The zero-order chi connectivity index (χ0) is 26.7. The number of carbonyl (C=O) groups excluding carboxylic acids is 2.